The highest BCUT2D eigenvalue weighted by Crippen LogP contribution is 2.19. The van der Waals surface area contributed by atoms with E-state index in [1.807, 2.05) is 24.3 Å². The summed E-state index contributed by atoms with van der Waals surface area (Å²) in [6, 6.07) is 7.76. The van der Waals surface area contributed by atoms with Crippen molar-refractivity contribution in [2.24, 2.45) is 0 Å². The van der Waals surface area contributed by atoms with Gasteiger partial charge in [-0.25, -0.2) is 0 Å². The van der Waals surface area contributed by atoms with E-state index < -0.39 is 0 Å². The Morgan fingerprint density at radius 2 is 2.33 bits per heavy atom. The van der Waals surface area contributed by atoms with Crippen molar-refractivity contribution in [2.75, 3.05) is 0 Å². The van der Waals surface area contributed by atoms with Crippen molar-refractivity contribution < 1.29 is 4.79 Å². The van der Waals surface area contributed by atoms with Gasteiger partial charge in [-0.2, -0.15) is 0 Å². The molecule has 1 nitrogen and oxygen atoms in total. The Morgan fingerprint density at radius 1 is 1.58 bits per heavy atom. The molecule has 0 atom stereocenters. The normalized spacial score (nSPS) is 9.42. The molecule has 0 amide bonds. The zero-order valence-corrected chi connectivity index (χ0v) is 8.17. The van der Waals surface area contributed by atoms with Crippen LogP contribution < -0.4 is 0 Å². The Bertz CT molecular complexity index is 304. The monoisotopic (exact) mass is 224 g/mol. The molecule has 1 rings (SSSR count). The Hall–Kier alpha value is -0.890. The van der Waals surface area contributed by atoms with E-state index in [0.29, 0.717) is 6.42 Å². The predicted octanol–water partition coefficient (Wildman–Crippen LogP) is 3.05. The topological polar surface area (TPSA) is 17.1 Å². The molecule has 0 saturated heterocycles. The van der Waals surface area contributed by atoms with Crippen LogP contribution in [0.2, 0.25) is 0 Å². The third kappa shape index (κ3) is 2.31. The highest BCUT2D eigenvalue weighted by molar-refractivity contribution is 9.10. The Kier molecular flexibility index (Phi) is 3.23. The summed E-state index contributed by atoms with van der Waals surface area (Å²) >= 11 is 3.35. The summed E-state index contributed by atoms with van der Waals surface area (Å²) in [4.78, 5) is 10.2. The van der Waals surface area contributed by atoms with Crippen molar-refractivity contribution >= 4 is 27.8 Å². The van der Waals surface area contributed by atoms with Gasteiger partial charge in [-0.1, -0.05) is 34.6 Å². The summed E-state index contributed by atoms with van der Waals surface area (Å²) in [6.07, 6.45) is 1.26. The highest BCUT2D eigenvalue weighted by Gasteiger charge is 1.97. The Morgan fingerprint density at radius 3 is 2.92 bits per heavy atom. The van der Waals surface area contributed by atoms with Crippen LogP contribution in [0, 0.1) is 0 Å². The lowest BCUT2D eigenvalue weighted by Crippen LogP contribution is -1.83. The fraction of sp³-hybridized carbons (Fsp3) is 0.100. The van der Waals surface area contributed by atoms with Gasteiger partial charge < -0.3 is 4.79 Å². The van der Waals surface area contributed by atoms with Crippen LogP contribution in [0.15, 0.2) is 35.3 Å². The number of aldehydes is 1. The zero-order chi connectivity index (χ0) is 8.97. The summed E-state index contributed by atoms with van der Waals surface area (Å²) in [5.41, 5.74) is 1.86. The van der Waals surface area contributed by atoms with Crippen LogP contribution in [0.4, 0.5) is 0 Å². The van der Waals surface area contributed by atoms with Crippen LogP contribution in [0.1, 0.15) is 12.0 Å². The lowest BCUT2D eigenvalue weighted by Gasteiger charge is -2.01. The molecule has 2 heteroatoms. The van der Waals surface area contributed by atoms with Crippen LogP contribution in [0.5, 0.6) is 0 Å². The largest absolute Gasteiger partial charge is 0.303 e. The molecule has 0 N–H and O–H groups in total. The van der Waals surface area contributed by atoms with E-state index in [9.17, 15) is 4.79 Å². The van der Waals surface area contributed by atoms with Gasteiger partial charge in [0, 0.05) is 10.9 Å². The van der Waals surface area contributed by atoms with E-state index in [-0.39, 0.29) is 0 Å². The Labute approximate surface area is 80.2 Å². The van der Waals surface area contributed by atoms with Gasteiger partial charge >= 0.3 is 0 Å². The van der Waals surface area contributed by atoms with Crippen molar-refractivity contribution in [3.8, 4) is 0 Å². The molecule has 12 heavy (non-hydrogen) atoms. The van der Waals surface area contributed by atoms with E-state index in [4.69, 9.17) is 0 Å². The molecule has 0 unspecified atom stereocenters. The first-order valence-electron chi connectivity index (χ1n) is 3.61. The zero-order valence-electron chi connectivity index (χ0n) is 6.59. The molecule has 0 aromatic heterocycles. The second kappa shape index (κ2) is 4.21. The van der Waals surface area contributed by atoms with Gasteiger partial charge in [0.2, 0.25) is 0 Å². The SMILES string of the molecule is C=C(CC=O)c1cccc(Br)c1. The smallest absolute Gasteiger partial charge is 0.124 e. The van der Waals surface area contributed by atoms with Gasteiger partial charge in [-0.05, 0) is 23.3 Å². The standard InChI is InChI=1S/C10H9BrO/c1-8(5-6-12)9-3-2-4-10(11)7-9/h2-4,6-7H,1,5H2. The lowest BCUT2D eigenvalue weighted by molar-refractivity contribution is -0.107. The van der Waals surface area contributed by atoms with Gasteiger partial charge in [0.25, 0.3) is 0 Å². The number of halogens is 1. The molecule has 0 aliphatic rings. The molecule has 0 aliphatic carbocycles. The molecule has 1 aromatic carbocycles. The average Bonchev–Trinajstić information content (AvgIpc) is 2.05. The van der Waals surface area contributed by atoms with Gasteiger partial charge in [0.05, 0.1) is 0 Å². The van der Waals surface area contributed by atoms with E-state index in [2.05, 4.69) is 22.5 Å². The number of rotatable bonds is 3. The van der Waals surface area contributed by atoms with E-state index in [0.717, 1.165) is 21.9 Å². The maximum absolute atomic E-state index is 10.2. The molecular formula is C10H9BrO. The molecule has 0 spiro atoms. The average molecular weight is 225 g/mol. The first-order valence-corrected chi connectivity index (χ1v) is 4.40. The van der Waals surface area contributed by atoms with Crippen molar-refractivity contribution in [1.29, 1.82) is 0 Å². The fourth-order valence-corrected chi connectivity index (χ4v) is 1.33. The predicted molar refractivity (Wildman–Crippen MR) is 53.9 cm³/mol. The fourth-order valence-electron chi connectivity index (χ4n) is 0.927. The second-order valence-corrected chi connectivity index (χ2v) is 3.40. The Balaban J connectivity index is 2.87. The molecule has 0 bridgehead atoms. The van der Waals surface area contributed by atoms with Crippen LogP contribution >= 0.6 is 15.9 Å². The van der Waals surface area contributed by atoms with Gasteiger partial charge in [0.15, 0.2) is 0 Å². The molecule has 1 aromatic rings. The van der Waals surface area contributed by atoms with E-state index in [1.165, 1.54) is 0 Å². The second-order valence-electron chi connectivity index (χ2n) is 2.48. The molecule has 62 valence electrons. The summed E-state index contributed by atoms with van der Waals surface area (Å²) in [7, 11) is 0. The summed E-state index contributed by atoms with van der Waals surface area (Å²) in [5, 5.41) is 0. The summed E-state index contributed by atoms with van der Waals surface area (Å²) in [6.45, 7) is 3.80. The molecule has 0 saturated carbocycles. The van der Waals surface area contributed by atoms with E-state index >= 15 is 0 Å². The number of hydrogen-bond acceptors (Lipinski definition) is 1. The molecule has 0 aliphatic heterocycles. The van der Waals surface area contributed by atoms with Crippen LogP contribution in [0.3, 0.4) is 0 Å². The number of benzene rings is 1. The number of allylic oxidation sites excluding steroid dienone is 1. The van der Waals surface area contributed by atoms with Gasteiger partial charge in [-0.3, -0.25) is 0 Å². The maximum Gasteiger partial charge on any atom is 0.124 e. The number of carbonyl (C=O) groups is 1. The number of hydrogen-bond donors (Lipinski definition) is 0. The molecular weight excluding hydrogens is 216 g/mol. The first kappa shape index (κ1) is 9.20. The maximum atomic E-state index is 10.2. The summed E-state index contributed by atoms with van der Waals surface area (Å²) < 4.78 is 1.01. The van der Waals surface area contributed by atoms with Gasteiger partial charge in [0.1, 0.15) is 6.29 Å². The van der Waals surface area contributed by atoms with Crippen molar-refractivity contribution in [3.63, 3.8) is 0 Å². The molecule has 0 heterocycles. The first-order chi connectivity index (χ1) is 5.74. The van der Waals surface area contributed by atoms with Crippen LogP contribution in [0.25, 0.3) is 5.57 Å². The quantitative estimate of drug-likeness (QED) is 0.722. The minimum Gasteiger partial charge on any atom is -0.303 e. The molecule has 0 radical (unpaired) electrons. The highest BCUT2D eigenvalue weighted by atomic mass is 79.9. The van der Waals surface area contributed by atoms with Crippen LogP contribution in [-0.4, -0.2) is 6.29 Å². The third-order valence-corrected chi connectivity index (χ3v) is 2.06. The van der Waals surface area contributed by atoms with Crippen molar-refractivity contribution in [1.82, 2.24) is 0 Å². The van der Waals surface area contributed by atoms with Crippen LogP contribution in [-0.2, 0) is 4.79 Å². The minimum atomic E-state index is 0.399. The molecule has 0 fully saturated rings. The summed E-state index contributed by atoms with van der Waals surface area (Å²) in [5.74, 6) is 0. The number of carbonyl (C=O) groups excluding carboxylic acids is 1. The van der Waals surface area contributed by atoms with Crippen molar-refractivity contribution in [2.45, 2.75) is 6.42 Å². The third-order valence-electron chi connectivity index (χ3n) is 1.56. The lowest BCUT2D eigenvalue weighted by atomic mass is 10.1. The minimum absolute atomic E-state index is 0.399. The van der Waals surface area contributed by atoms with Gasteiger partial charge in [-0.15, -0.1) is 0 Å². The van der Waals surface area contributed by atoms with E-state index in [1.54, 1.807) is 0 Å². The van der Waals surface area contributed by atoms with Crippen molar-refractivity contribution in [3.05, 3.63) is 40.9 Å².